The van der Waals surface area contributed by atoms with Crippen molar-refractivity contribution in [1.29, 1.82) is 0 Å². The molecule has 1 unspecified atom stereocenters. The molecule has 0 N–H and O–H groups in total. The molecule has 0 aliphatic rings. The second-order valence-electron chi connectivity index (χ2n) is 22.1. The third-order valence-corrected chi connectivity index (χ3v) is 14.9. The molecule has 70 heavy (non-hydrogen) atoms. The highest BCUT2D eigenvalue weighted by Gasteiger charge is 2.19. The van der Waals surface area contributed by atoms with E-state index in [-0.39, 0.29) is 31.1 Å². The molecule has 0 spiro atoms. The molecular weight excluding hydrogens is 865 g/mol. The number of unbranched alkanes of at least 4 members (excludes halogenated alkanes) is 49. The zero-order valence-corrected chi connectivity index (χ0v) is 47.8. The van der Waals surface area contributed by atoms with Gasteiger partial charge in [-0.25, -0.2) is 0 Å². The maximum absolute atomic E-state index is 12.8. The van der Waals surface area contributed by atoms with Crippen LogP contribution in [-0.2, 0) is 28.6 Å². The first-order chi connectivity index (χ1) is 34.5. The van der Waals surface area contributed by atoms with E-state index in [1.54, 1.807) is 0 Å². The summed E-state index contributed by atoms with van der Waals surface area (Å²) in [7, 11) is 0. The van der Waals surface area contributed by atoms with E-state index in [1.807, 2.05) is 0 Å². The highest BCUT2D eigenvalue weighted by molar-refractivity contribution is 5.71. The zero-order valence-electron chi connectivity index (χ0n) is 47.8. The molecule has 0 saturated heterocycles. The average molecular weight is 990 g/mol. The van der Waals surface area contributed by atoms with Crippen molar-refractivity contribution in [1.82, 2.24) is 0 Å². The lowest BCUT2D eigenvalue weighted by molar-refractivity contribution is -0.167. The van der Waals surface area contributed by atoms with Crippen LogP contribution in [0.3, 0.4) is 0 Å². The van der Waals surface area contributed by atoms with Crippen LogP contribution in [-0.4, -0.2) is 37.2 Å². The van der Waals surface area contributed by atoms with Crippen LogP contribution in [0.1, 0.15) is 374 Å². The average Bonchev–Trinajstić information content (AvgIpc) is 3.36. The molecule has 6 heteroatoms. The van der Waals surface area contributed by atoms with E-state index in [1.165, 1.54) is 276 Å². The van der Waals surface area contributed by atoms with Gasteiger partial charge in [0.05, 0.1) is 0 Å². The van der Waals surface area contributed by atoms with Gasteiger partial charge in [0.1, 0.15) is 13.2 Å². The molecular formula is C64H124O6. The second-order valence-corrected chi connectivity index (χ2v) is 22.1. The molecule has 0 bridgehead atoms. The number of carbonyl (C=O) groups is 3. The van der Waals surface area contributed by atoms with Crippen LogP contribution in [0.25, 0.3) is 0 Å². The van der Waals surface area contributed by atoms with Crippen LogP contribution < -0.4 is 0 Å². The predicted molar refractivity (Wildman–Crippen MR) is 303 cm³/mol. The van der Waals surface area contributed by atoms with Crippen molar-refractivity contribution in [2.75, 3.05) is 13.2 Å². The third-order valence-electron chi connectivity index (χ3n) is 14.9. The van der Waals surface area contributed by atoms with Crippen LogP contribution in [0.4, 0.5) is 0 Å². The molecule has 0 aliphatic heterocycles. The zero-order chi connectivity index (χ0) is 50.7. The number of ether oxygens (including phenoxy) is 3. The quantitative estimate of drug-likeness (QED) is 0.0343. The van der Waals surface area contributed by atoms with Crippen LogP contribution >= 0.6 is 0 Å². The van der Waals surface area contributed by atoms with Gasteiger partial charge in [-0.05, 0) is 19.3 Å². The molecule has 0 aromatic heterocycles. The predicted octanol–water partition coefficient (Wildman–Crippen LogP) is 21.5. The molecule has 0 heterocycles. The topological polar surface area (TPSA) is 78.9 Å². The smallest absolute Gasteiger partial charge is 0.306 e. The van der Waals surface area contributed by atoms with Crippen LogP contribution in [0.2, 0.25) is 0 Å². The van der Waals surface area contributed by atoms with Gasteiger partial charge < -0.3 is 14.2 Å². The fourth-order valence-corrected chi connectivity index (χ4v) is 10.0. The summed E-state index contributed by atoms with van der Waals surface area (Å²) in [5.74, 6) is -0.839. The molecule has 416 valence electrons. The Morgan fingerprint density at radius 3 is 0.571 bits per heavy atom. The summed E-state index contributed by atoms with van der Waals surface area (Å²) < 4.78 is 16.8. The normalized spacial score (nSPS) is 11.9. The summed E-state index contributed by atoms with van der Waals surface area (Å²) in [6, 6.07) is 0. The van der Waals surface area contributed by atoms with Crippen molar-refractivity contribution in [3.63, 3.8) is 0 Å². The Labute approximate surface area is 438 Å². The molecule has 0 saturated carbocycles. The lowest BCUT2D eigenvalue weighted by Gasteiger charge is -2.18. The van der Waals surface area contributed by atoms with Crippen molar-refractivity contribution in [2.45, 2.75) is 380 Å². The Bertz CT molecular complexity index is 1040. The van der Waals surface area contributed by atoms with Gasteiger partial charge in [-0.15, -0.1) is 0 Å². The van der Waals surface area contributed by atoms with Crippen molar-refractivity contribution in [3.05, 3.63) is 0 Å². The van der Waals surface area contributed by atoms with Gasteiger partial charge in [-0.3, -0.25) is 14.4 Å². The maximum atomic E-state index is 12.8. The summed E-state index contributed by atoms with van der Waals surface area (Å²) >= 11 is 0. The van der Waals surface area contributed by atoms with Crippen molar-refractivity contribution in [3.8, 4) is 0 Å². The molecule has 0 fully saturated rings. The number of carbonyl (C=O) groups excluding carboxylic acids is 3. The van der Waals surface area contributed by atoms with Crippen LogP contribution in [0.15, 0.2) is 0 Å². The number of esters is 3. The summed E-state index contributed by atoms with van der Waals surface area (Å²) in [5, 5.41) is 0. The van der Waals surface area contributed by atoms with Crippen LogP contribution in [0, 0.1) is 0 Å². The first kappa shape index (κ1) is 68.4. The minimum atomic E-state index is -0.760. The number of hydrogen-bond donors (Lipinski definition) is 0. The molecule has 0 aliphatic carbocycles. The summed E-state index contributed by atoms with van der Waals surface area (Å²) in [5.41, 5.74) is 0. The Hall–Kier alpha value is -1.59. The van der Waals surface area contributed by atoms with Gasteiger partial charge in [-0.2, -0.15) is 0 Å². The largest absolute Gasteiger partial charge is 0.462 e. The lowest BCUT2D eigenvalue weighted by atomic mass is 10.0. The summed E-state index contributed by atoms with van der Waals surface area (Å²) in [6.07, 6.45) is 68.7. The summed E-state index contributed by atoms with van der Waals surface area (Å²) in [4.78, 5) is 38.0. The highest BCUT2D eigenvalue weighted by atomic mass is 16.6. The van der Waals surface area contributed by atoms with Gasteiger partial charge in [0.2, 0.25) is 0 Å². The van der Waals surface area contributed by atoms with Gasteiger partial charge in [-0.1, -0.05) is 335 Å². The maximum Gasteiger partial charge on any atom is 0.306 e. The molecule has 0 aromatic rings. The molecule has 0 rings (SSSR count). The minimum Gasteiger partial charge on any atom is -0.462 e. The molecule has 6 nitrogen and oxygen atoms in total. The Morgan fingerprint density at radius 2 is 0.386 bits per heavy atom. The first-order valence-corrected chi connectivity index (χ1v) is 32.0. The summed E-state index contributed by atoms with van der Waals surface area (Å²) in [6.45, 7) is 6.68. The standard InChI is InChI=1S/C64H124O6/c1-4-7-10-13-16-19-21-23-24-25-26-27-28-29-30-31-32-33-34-35-36-37-38-39-40-42-43-45-48-51-54-57-63(66)69-60-61(59-68-62(65)56-53-50-47-18-15-12-9-6-3)70-64(67)58-55-52-49-46-44-41-22-20-17-14-11-8-5-2/h61H,4-60H2,1-3H3. The Kier molecular flexibility index (Phi) is 58.6. The van der Waals surface area contributed by atoms with Crippen LogP contribution in [0.5, 0.6) is 0 Å². The van der Waals surface area contributed by atoms with E-state index in [2.05, 4.69) is 20.8 Å². The van der Waals surface area contributed by atoms with E-state index in [4.69, 9.17) is 14.2 Å². The van der Waals surface area contributed by atoms with E-state index >= 15 is 0 Å². The fourth-order valence-electron chi connectivity index (χ4n) is 10.0. The lowest BCUT2D eigenvalue weighted by Crippen LogP contribution is -2.30. The number of rotatable bonds is 60. The molecule has 0 amide bonds. The SMILES string of the molecule is CCCCCCCCCCCCCCCCCCCCCCCCCCCCCCCCCC(=O)OCC(COC(=O)CCCCCCCCCC)OC(=O)CCCCCCCCCCCCCCC. The molecule has 0 radical (unpaired) electrons. The van der Waals surface area contributed by atoms with Gasteiger partial charge >= 0.3 is 17.9 Å². The van der Waals surface area contributed by atoms with Crippen molar-refractivity contribution < 1.29 is 28.6 Å². The number of hydrogen-bond acceptors (Lipinski definition) is 6. The monoisotopic (exact) mass is 989 g/mol. The molecule has 0 aromatic carbocycles. The second kappa shape index (κ2) is 60.0. The van der Waals surface area contributed by atoms with Crippen molar-refractivity contribution in [2.24, 2.45) is 0 Å². The van der Waals surface area contributed by atoms with E-state index < -0.39 is 6.10 Å². The first-order valence-electron chi connectivity index (χ1n) is 32.0. The fraction of sp³-hybridized carbons (Fsp3) is 0.953. The van der Waals surface area contributed by atoms with Gasteiger partial charge in [0.15, 0.2) is 6.10 Å². The Balaban J connectivity index is 3.94. The van der Waals surface area contributed by atoms with E-state index in [0.29, 0.717) is 19.3 Å². The van der Waals surface area contributed by atoms with Gasteiger partial charge in [0.25, 0.3) is 0 Å². The minimum absolute atomic E-state index is 0.0617. The van der Waals surface area contributed by atoms with E-state index in [0.717, 1.165) is 57.8 Å². The van der Waals surface area contributed by atoms with E-state index in [9.17, 15) is 14.4 Å². The van der Waals surface area contributed by atoms with Crippen molar-refractivity contribution >= 4 is 17.9 Å². The van der Waals surface area contributed by atoms with Gasteiger partial charge in [0, 0.05) is 19.3 Å². The third kappa shape index (κ3) is 57.3. The molecule has 1 atom stereocenters. The Morgan fingerprint density at radius 1 is 0.229 bits per heavy atom. The highest BCUT2D eigenvalue weighted by Crippen LogP contribution is 2.19.